The van der Waals surface area contributed by atoms with E-state index < -0.39 is 15.6 Å². The van der Waals surface area contributed by atoms with Crippen molar-refractivity contribution in [1.82, 2.24) is 14.5 Å². The largest absolute Gasteiger partial charge is 0.389 e. The molecule has 120 valence electrons. The van der Waals surface area contributed by atoms with Gasteiger partial charge in [-0.3, -0.25) is 4.68 Å². The number of benzene rings is 1. The van der Waals surface area contributed by atoms with Gasteiger partial charge in [-0.1, -0.05) is 30.3 Å². The van der Waals surface area contributed by atoms with E-state index in [1.54, 1.807) is 14.0 Å². The van der Waals surface area contributed by atoms with Crippen LogP contribution in [0.1, 0.15) is 18.9 Å². The molecule has 2 aromatic rings. The van der Waals surface area contributed by atoms with Gasteiger partial charge in [-0.05, 0) is 25.3 Å². The minimum absolute atomic E-state index is 0.0446. The van der Waals surface area contributed by atoms with Crippen LogP contribution in [0.4, 0.5) is 0 Å². The smallest absolute Gasteiger partial charge is 0.243 e. The summed E-state index contributed by atoms with van der Waals surface area (Å²) in [6.07, 6.45) is 3.84. The number of rotatable bonds is 7. The molecule has 0 aliphatic rings. The van der Waals surface area contributed by atoms with Gasteiger partial charge < -0.3 is 5.11 Å². The third kappa shape index (κ3) is 4.66. The van der Waals surface area contributed by atoms with Crippen molar-refractivity contribution in [2.75, 3.05) is 6.54 Å². The Morgan fingerprint density at radius 3 is 2.59 bits per heavy atom. The summed E-state index contributed by atoms with van der Waals surface area (Å²) in [7, 11) is -2.00. The molecule has 0 aliphatic carbocycles. The lowest BCUT2D eigenvalue weighted by Crippen LogP contribution is -2.40. The van der Waals surface area contributed by atoms with Crippen LogP contribution < -0.4 is 4.72 Å². The molecule has 22 heavy (non-hydrogen) atoms. The van der Waals surface area contributed by atoms with Gasteiger partial charge in [-0.15, -0.1) is 0 Å². The molecule has 1 heterocycles. The summed E-state index contributed by atoms with van der Waals surface area (Å²) < 4.78 is 28.0. The summed E-state index contributed by atoms with van der Waals surface area (Å²) >= 11 is 0. The average Bonchev–Trinajstić information content (AvgIpc) is 2.92. The Morgan fingerprint density at radius 1 is 1.32 bits per heavy atom. The summed E-state index contributed by atoms with van der Waals surface area (Å²) in [5.74, 6) is 0. The minimum atomic E-state index is -3.65. The molecule has 0 bridgehead atoms. The molecular weight excluding hydrogens is 302 g/mol. The molecule has 1 aromatic carbocycles. The summed E-state index contributed by atoms with van der Waals surface area (Å²) in [5, 5.41) is 14.2. The van der Waals surface area contributed by atoms with Crippen molar-refractivity contribution in [1.29, 1.82) is 0 Å². The van der Waals surface area contributed by atoms with Crippen molar-refractivity contribution in [3.63, 3.8) is 0 Å². The third-order valence-corrected chi connectivity index (χ3v) is 4.79. The van der Waals surface area contributed by atoms with Crippen molar-refractivity contribution in [2.24, 2.45) is 7.05 Å². The highest BCUT2D eigenvalue weighted by Crippen LogP contribution is 2.15. The molecule has 0 saturated heterocycles. The Bertz CT molecular complexity index is 709. The number of aliphatic hydroxyl groups is 1. The van der Waals surface area contributed by atoms with E-state index in [0.29, 0.717) is 12.8 Å². The van der Waals surface area contributed by atoms with Crippen molar-refractivity contribution in [3.05, 3.63) is 48.3 Å². The summed E-state index contributed by atoms with van der Waals surface area (Å²) in [4.78, 5) is 0.0915. The molecule has 0 radical (unpaired) electrons. The molecule has 0 unspecified atom stereocenters. The number of aryl methyl sites for hydroxylation is 2. The number of sulfonamides is 1. The third-order valence-electron chi connectivity index (χ3n) is 3.43. The Hall–Kier alpha value is -1.70. The number of hydrogen-bond donors (Lipinski definition) is 2. The van der Waals surface area contributed by atoms with Gasteiger partial charge in [0.25, 0.3) is 0 Å². The second-order valence-electron chi connectivity index (χ2n) is 5.66. The van der Waals surface area contributed by atoms with E-state index >= 15 is 0 Å². The van der Waals surface area contributed by atoms with E-state index in [9.17, 15) is 13.5 Å². The van der Waals surface area contributed by atoms with Crippen molar-refractivity contribution >= 4 is 10.0 Å². The molecule has 0 amide bonds. The number of nitrogens with one attached hydrogen (secondary N) is 1. The van der Waals surface area contributed by atoms with Crippen LogP contribution in [0.15, 0.2) is 47.6 Å². The van der Waals surface area contributed by atoms with E-state index in [1.165, 1.54) is 17.1 Å². The zero-order valence-electron chi connectivity index (χ0n) is 12.7. The predicted molar refractivity (Wildman–Crippen MR) is 83.8 cm³/mol. The van der Waals surface area contributed by atoms with Gasteiger partial charge in [0.1, 0.15) is 4.90 Å². The number of hydrogen-bond acceptors (Lipinski definition) is 4. The van der Waals surface area contributed by atoms with Gasteiger partial charge >= 0.3 is 0 Å². The van der Waals surface area contributed by atoms with Gasteiger partial charge in [-0.2, -0.15) is 5.10 Å². The van der Waals surface area contributed by atoms with Crippen LogP contribution in [-0.2, 0) is 23.5 Å². The summed E-state index contributed by atoms with van der Waals surface area (Å²) in [6, 6.07) is 9.78. The standard InChI is InChI=1S/C15H21N3O3S/c1-15(19,9-8-13-6-4-3-5-7-13)12-17-22(20,21)14-10-16-18(2)11-14/h3-7,10-11,17,19H,8-9,12H2,1-2H3/t15-/m1/s1. The first-order chi connectivity index (χ1) is 10.3. The molecule has 6 nitrogen and oxygen atoms in total. The SMILES string of the molecule is Cn1cc(S(=O)(=O)NC[C@](C)(O)CCc2ccccc2)cn1. The minimum Gasteiger partial charge on any atom is -0.389 e. The average molecular weight is 323 g/mol. The highest BCUT2D eigenvalue weighted by Gasteiger charge is 2.24. The Morgan fingerprint density at radius 2 is 2.00 bits per heavy atom. The molecule has 0 saturated carbocycles. The van der Waals surface area contributed by atoms with Crippen LogP contribution in [0, 0.1) is 0 Å². The molecule has 7 heteroatoms. The van der Waals surface area contributed by atoms with Gasteiger partial charge in [0.2, 0.25) is 10.0 Å². The molecule has 0 spiro atoms. The zero-order chi connectivity index (χ0) is 16.2. The van der Waals surface area contributed by atoms with Crippen LogP contribution in [0.2, 0.25) is 0 Å². The molecule has 1 aromatic heterocycles. The topological polar surface area (TPSA) is 84.2 Å². The highest BCUT2D eigenvalue weighted by atomic mass is 32.2. The van der Waals surface area contributed by atoms with Crippen LogP contribution in [0.5, 0.6) is 0 Å². The van der Waals surface area contributed by atoms with E-state index in [-0.39, 0.29) is 11.4 Å². The first-order valence-corrected chi connectivity index (χ1v) is 8.51. The van der Waals surface area contributed by atoms with Crippen LogP contribution >= 0.6 is 0 Å². The lowest BCUT2D eigenvalue weighted by atomic mass is 9.97. The van der Waals surface area contributed by atoms with Crippen molar-refractivity contribution in [3.8, 4) is 0 Å². The van der Waals surface area contributed by atoms with Crippen molar-refractivity contribution < 1.29 is 13.5 Å². The maximum absolute atomic E-state index is 12.1. The molecule has 2 rings (SSSR count). The van der Waals surface area contributed by atoms with Gasteiger partial charge in [-0.25, -0.2) is 13.1 Å². The second kappa shape index (κ2) is 6.60. The van der Waals surface area contributed by atoms with Gasteiger partial charge in [0.05, 0.1) is 11.8 Å². The van der Waals surface area contributed by atoms with Gasteiger partial charge in [0, 0.05) is 19.8 Å². The quantitative estimate of drug-likeness (QED) is 0.798. The van der Waals surface area contributed by atoms with Crippen LogP contribution in [-0.4, -0.2) is 35.5 Å². The molecule has 2 N–H and O–H groups in total. The predicted octanol–water partition coefficient (Wildman–Crippen LogP) is 1.08. The maximum Gasteiger partial charge on any atom is 0.243 e. The first kappa shape index (κ1) is 16.7. The Labute approximate surface area is 130 Å². The highest BCUT2D eigenvalue weighted by molar-refractivity contribution is 7.89. The Balaban J connectivity index is 1.91. The number of nitrogens with zero attached hydrogens (tertiary/aromatic N) is 2. The molecular formula is C15H21N3O3S. The fourth-order valence-electron chi connectivity index (χ4n) is 2.02. The Kier molecular flexibility index (Phi) is 5.00. The normalized spacial score (nSPS) is 14.7. The maximum atomic E-state index is 12.1. The van der Waals surface area contributed by atoms with E-state index in [0.717, 1.165) is 5.56 Å². The molecule has 1 atom stereocenters. The van der Waals surface area contributed by atoms with E-state index in [2.05, 4.69) is 9.82 Å². The van der Waals surface area contributed by atoms with Gasteiger partial charge in [0.15, 0.2) is 0 Å². The lowest BCUT2D eigenvalue weighted by molar-refractivity contribution is 0.0565. The fourth-order valence-corrected chi connectivity index (χ4v) is 3.16. The number of aromatic nitrogens is 2. The van der Waals surface area contributed by atoms with E-state index in [4.69, 9.17) is 0 Å². The second-order valence-corrected chi connectivity index (χ2v) is 7.42. The van der Waals surface area contributed by atoms with Crippen LogP contribution in [0.25, 0.3) is 0 Å². The zero-order valence-corrected chi connectivity index (χ0v) is 13.5. The fraction of sp³-hybridized carbons (Fsp3) is 0.400. The lowest BCUT2D eigenvalue weighted by Gasteiger charge is -2.23. The summed E-state index contributed by atoms with van der Waals surface area (Å²) in [6.45, 7) is 1.58. The van der Waals surface area contributed by atoms with E-state index in [1.807, 2.05) is 30.3 Å². The summed E-state index contributed by atoms with van der Waals surface area (Å²) in [5.41, 5.74) is -0.0108. The monoisotopic (exact) mass is 323 g/mol. The molecule has 0 aliphatic heterocycles. The molecule has 0 fully saturated rings. The van der Waals surface area contributed by atoms with Crippen LogP contribution in [0.3, 0.4) is 0 Å². The van der Waals surface area contributed by atoms with Crippen molar-refractivity contribution in [2.45, 2.75) is 30.3 Å². The first-order valence-electron chi connectivity index (χ1n) is 7.03.